The highest BCUT2D eigenvalue weighted by atomic mass is 33.1. The fourth-order valence-electron chi connectivity index (χ4n) is 8.32. The van der Waals surface area contributed by atoms with Gasteiger partial charge in [0.15, 0.2) is 0 Å². The Kier molecular flexibility index (Phi) is 43.8. The first-order valence-electron chi connectivity index (χ1n) is 26.0. The van der Waals surface area contributed by atoms with Gasteiger partial charge in [0, 0.05) is 50.3 Å². The van der Waals surface area contributed by atoms with Crippen LogP contribution in [0.2, 0.25) is 0 Å². The maximum Gasteiger partial charge on any atom is 0.220 e. The fraction of sp³-hybridized carbons (Fsp3) is 0.961. The van der Waals surface area contributed by atoms with E-state index < -0.39 is 0 Å². The first-order chi connectivity index (χ1) is 28.6. The molecule has 352 valence electrons. The lowest BCUT2D eigenvalue weighted by molar-refractivity contribution is -0.890. The normalized spacial score (nSPS) is 12.0. The summed E-state index contributed by atoms with van der Waals surface area (Å²) < 4.78 is 2.04. The van der Waals surface area contributed by atoms with Gasteiger partial charge in [-0.1, -0.05) is 209 Å². The number of hydrogen-bond donors (Lipinski definition) is 2. The summed E-state index contributed by atoms with van der Waals surface area (Å²) in [5.74, 6) is 2.17. The molecule has 0 heterocycles. The zero-order valence-corrected chi connectivity index (χ0v) is 42.6. The van der Waals surface area contributed by atoms with Crippen LogP contribution >= 0.6 is 21.6 Å². The van der Waals surface area contributed by atoms with Crippen molar-refractivity contribution in [1.82, 2.24) is 10.6 Å². The summed E-state index contributed by atoms with van der Waals surface area (Å²) in [5, 5.41) is 6.20. The van der Waals surface area contributed by atoms with Gasteiger partial charge in [0.2, 0.25) is 11.8 Å². The van der Waals surface area contributed by atoms with E-state index in [1.165, 1.54) is 212 Å². The van der Waals surface area contributed by atoms with Gasteiger partial charge in [-0.2, -0.15) is 0 Å². The van der Waals surface area contributed by atoms with Crippen LogP contribution in [0.4, 0.5) is 0 Å². The van der Waals surface area contributed by atoms with Gasteiger partial charge in [-0.3, -0.25) is 9.59 Å². The van der Waals surface area contributed by atoms with Gasteiger partial charge < -0.3 is 19.6 Å². The molecule has 0 aromatic heterocycles. The molecule has 0 spiro atoms. The molecule has 0 unspecified atom stereocenters. The van der Waals surface area contributed by atoms with E-state index in [9.17, 15) is 9.59 Å². The van der Waals surface area contributed by atoms with Gasteiger partial charge in [-0.05, 0) is 25.7 Å². The van der Waals surface area contributed by atoms with Crippen molar-refractivity contribution in [3.05, 3.63) is 0 Å². The second kappa shape index (κ2) is 44.2. The number of amides is 2. The summed E-state index contributed by atoms with van der Waals surface area (Å²) in [5.41, 5.74) is 0. The van der Waals surface area contributed by atoms with Crippen molar-refractivity contribution in [2.45, 2.75) is 239 Å². The van der Waals surface area contributed by atoms with E-state index in [0.717, 1.165) is 46.4 Å². The first-order valence-corrected chi connectivity index (χ1v) is 28.5. The highest BCUT2D eigenvalue weighted by Crippen LogP contribution is 2.20. The number of unbranched alkanes of at least 4 members (excludes halogenated alkanes) is 29. The molecule has 0 radical (unpaired) electrons. The summed E-state index contributed by atoms with van der Waals surface area (Å²) in [6.07, 6.45) is 46.9. The fourth-order valence-corrected chi connectivity index (χ4v) is 10.1. The second-order valence-corrected chi connectivity index (χ2v) is 22.3. The quantitative estimate of drug-likeness (QED) is 0.0363. The summed E-state index contributed by atoms with van der Waals surface area (Å²) in [7, 11) is 12.9. The molecule has 0 aliphatic rings. The van der Waals surface area contributed by atoms with Crippen LogP contribution in [-0.4, -0.2) is 99.7 Å². The monoisotopic (exact) mass is 871 g/mol. The van der Waals surface area contributed by atoms with Crippen LogP contribution in [0, 0.1) is 0 Å². The van der Waals surface area contributed by atoms with Crippen LogP contribution in [-0.2, 0) is 9.59 Å². The van der Waals surface area contributed by atoms with Crippen molar-refractivity contribution in [3.8, 4) is 0 Å². The molecular formula is C51H106N4O2S2+2. The van der Waals surface area contributed by atoms with E-state index in [0.29, 0.717) is 25.9 Å². The molecule has 0 atom stereocenters. The molecule has 0 aromatic carbocycles. The standard InChI is InChI=1S/C51H104N4O2S2/c1-7-9-11-13-15-17-19-21-23-25-27-29-31-33-35-37-45-55(5,6)47-39-41-51(57)53-43-49-59-58-48-42-52-50(56)40-38-46-54(3,4)44-36-34-32-30-28-26-24-22-20-18-16-14-12-10-8-2/h7-49H2,1-6H3/p+2. The predicted octanol–water partition coefficient (Wildman–Crippen LogP) is 14.4. The Hall–Kier alpha value is -0.440. The van der Waals surface area contributed by atoms with E-state index in [4.69, 9.17) is 0 Å². The average Bonchev–Trinajstić information content (AvgIpc) is 3.20. The molecule has 0 bridgehead atoms. The zero-order valence-electron chi connectivity index (χ0n) is 40.9. The maximum atomic E-state index is 12.4. The number of rotatable bonds is 48. The topological polar surface area (TPSA) is 58.2 Å². The van der Waals surface area contributed by atoms with Crippen molar-refractivity contribution >= 4 is 33.4 Å². The SMILES string of the molecule is CCCCCCCCCCCCCCCCCC[N+](C)(C)CCCC(=O)NCCSSCCNC(=O)CCC[N+](C)(C)CCCCCCCCCCCCCCCCC. The van der Waals surface area contributed by atoms with E-state index in [1.807, 2.05) is 0 Å². The van der Waals surface area contributed by atoms with Crippen LogP contribution in [0.15, 0.2) is 0 Å². The number of carbonyl (C=O) groups is 2. The Morgan fingerprint density at radius 3 is 0.814 bits per heavy atom. The van der Waals surface area contributed by atoms with Crippen LogP contribution in [0.3, 0.4) is 0 Å². The molecule has 6 nitrogen and oxygen atoms in total. The lowest BCUT2D eigenvalue weighted by Crippen LogP contribution is -2.41. The third-order valence-electron chi connectivity index (χ3n) is 12.4. The summed E-state index contributed by atoms with van der Waals surface area (Å²) in [4.78, 5) is 24.8. The Balaban J connectivity index is 3.54. The molecule has 0 aliphatic carbocycles. The molecule has 59 heavy (non-hydrogen) atoms. The molecule has 2 N–H and O–H groups in total. The second-order valence-electron chi connectivity index (χ2n) is 19.6. The molecule has 0 rings (SSSR count). The first kappa shape index (κ1) is 58.6. The van der Waals surface area contributed by atoms with Crippen LogP contribution in [0.1, 0.15) is 239 Å². The predicted molar refractivity (Wildman–Crippen MR) is 268 cm³/mol. The van der Waals surface area contributed by atoms with Crippen LogP contribution < -0.4 is 10.6 Å². The van der Waals surface area contributed by atoms with E-state index in [1.54, 1.807) is 21.6 Å². The van der Waals surface area contributed by atoms with Crippen molar-refractivity contribution in [1.29, 1.82) is 0 Å². The molecule has 0 aliphatic heterocycles. The molecule has 2 amide bonds. The van der Waals surface area contributed by atoms with E-state index in [2.05, 4.69) is 52.7 Å². The molecule has 0 saturated carbocycles. The molecular weight excluding hydrogens is 765 g/mol. The summed E-state index contributed by atoms with van der Waals surface area (Å²) in [6, 6.07) is 0. The van der Waals surface area contributed by atoms with E-state index in [-0.39, 0.29) is 11.8 Å². The van der Waals surface area contributed by atoms with Crippen molar-refractivity contribution in [2.75, 3.05) is 79.0 Å². The van der Waals surface area contributed by atoms with Gasteiger partial charge in [-0.15, -0.1) is 0 Å². The lowest BCUT2D eigenvalue weighted by atomic mass is 10.0. The minimum atomic E-state index is 0.182. The van der Waals surface area contributed by atoms with Gasteiger partial charge in [0.1, 0.15) is 0 Å². The van der Waals surface area contributed by atoms with Gasteiger partial charge in [-0.25, -0.2) is 0 Å². The van der Waals surface area contributed by atoms with Gasteiger partial charge in [0.25, 0.3) is 0 Å². The average molecular weight is 872 g/mol. The Bertz CT molecular complexity index is 903. The minimum Gasteiger partial charge on any atom is -0.355 e. The molecule has 0 saturated heterocycles. The number of quaternary nitrogens is 2. The Morgan fingerprint density at radius 1 is 0.339 bits per heavy atom. The largest absolute Gasteiger partial charge is 0.355 e. The summed E-state index contributed by atoms with van der Waals surface area (Å²) >= 11 is 0. The number of carbonyl (C=O) groups excluding carboxylic acids is 2. The maximum absolute atomic E-state index is 12.4. The Morgan fingerprint density at radius 2 is 0.559 bits per heavy atom. The molecule has 8 heteroatoms. The smallest absolute Gasteiger partial charge is 0.220 e. The number of nitrogens with zero attached hydrogens (tertiary/aromatic N) is 2. The third kappa shape index (κ3) is 46.9. The molecule has 0 fully saturated rings. The van der Waals surface area contributed by atoms with Gasteiger partial charge in [0.05, 0.1) is 54.4 Å². The van der Waals surface area contributed by atoms with Crippen LogP contribution in [0.25, 0.3) is 0 Å². The lowest BCUT2D eigenvalue weighted by Gasteiger charge is -2.29. The molecule has 0 aromatic rings. The van der Waals surface area contributed by atoms with E-state index >= 15 is 0 Å². The highest BCUT2D eigenvalue weighted by Gasteiger charge is 2.16. The van der Waals surface area contributed by atoms with Crippen LogP contribution in [0.5, 0.6) is 0 Å². The number of hydrogen-bond acceptors (Lipinski definition) is 4. The highest BCUT2D eigenvalue weighted by molar-refractivity contribution is 8.76. The van der Waals surface area contributed by atoms with Crippen molar-refractivity contribution in [3.63, 3.8) is 0 Å². The van der Waals surface area contributed by atoms with Crippen molar-refractivity contribution < 1.29 is 18.6 Å². The third-order valence-corrected chi connectivity index (χ3v) is 14.8. The van der Waals surface area contributed by atoms with Gasteiger partial charge >= 0.3 is 0 Å². The Labute approximate surface area is 378 Å². The zero-order chi connectivity index (χ0) is 43.4. The number of nitrogens with one attached hydrogen (secondary N) is 2. The minimum absolute atomic E-state index is 0.182. The summed E-state index contributed by atoms with van der Waals surface area (Å²) in [6.45, 7) is 10.6. The van der Waals surface area contributed by atoms with Crippen molar-refractivity contribution in [2.24, 2.45) is 0 Å².